The largest absolute Gasteiger partial charge is 0.356 e. The average Bonchev–Trinajstić information content (AvgIpc) is 3.32. The van der Waals surface area contributed by atoms with E-state index in [0.717, 1.165) is 19.5 Å². The Hall–Kier alpha value is -2.17. The maximum absolute atomic E-state index is 5.27. The number of nitrogens with zero attached hydrogens (tertiary/aromatic N) is 2. The summed E-state index contributed by atoms with van der Waals surface area (Å²) in [5.74, 6) is 1.25. The second-order valence-electron chi connectivity index (χ2n) is 7.16. The predicted molar refractivity (Wildman–Crippen MR) is 120 cm³/mol. The summed E-state index contributed by atoms with van der Waals surface area (Å²) in [5.41, 5.74) is 1.31. The van der Waals surface area contributed by atoms with E-state index in [4.69, 9.17) is 4.99 Å². The van der Waals surface area contributed by atoms with Crippen LogP contribution in [0.25, 0.3) is 0 Å². The summed E-state index contributed by atoms with van der Waals surface area (Å²) in [5, 5.41) is 0. The standard InChI is InChI=1S/C24H22N2S2/c1-4-10-19(11-5-1)22-18-26-17-16-24(23(26)25-22,27-20-12-6-2-7-13-20)28-21-14-8-3-9-15-21/h1-15,22H,16-18H2. The molecule has 0 radical (unpaired) electrons. The third-order valence-corrected chi connectivity index (χ3v) is 8.21. The van der Waals surface area contributed by atoms with Crippen molar-refractivity contribution in [3.8, 4) is 0 Å². The number of hydrogen-bond donors (Lipinski definition) is 0. The van der Waals surface area contributed by atoms with Crippen molar-refractivity contribution in [1.82, 2.24) is 4.90 Å². The molecule has 0 amide bonds. The number of thioether (sulfide) groups is 2. The molecular formula is C24H22N2S2. The van der Waals surface area contributed by atoms with E-state index in [9.17, 15) is 0 Å². The molecule has 5 rings (SSSR count). The van der Waals surface area contributed by atoms with E-state index in [1.54, 1.807) is 0 Å². The Labute approximate surface area is 175 Å². The van der Waals surface area contributed by atoms with Gasteiger partial charge in [0.1, 0.15) is 9.91 Å². The van der Waals surface area contributed by atoms with Crippen molar-refractivity contribution < 1.29 is 0 Å². The molecule has 1 saturated heterocycles. The molecule has 1 unspecified atom stereocenters. The van der Waals surface area contributed by atoms with Crippen LogP contribution >= 0.6 is 23.5 Å². The maximum Gasteiger partial charge on any atom is 0.129 e. The van der Waals surface area contributed by atoms with Crippen molar-refractivity contribution in [1.29, 1.82) is 0 Å². The summed E-state index contributed by atoms with van der Waals surface area (Å²) in [6, 6.07) is 32.5. The molecular weight excluding hydrogens is 380 g/mol. The highest BCUT2D eigenvalue weighted by molar-refractivity contribution is 8.19. The van der Waals surface area contributed by atoms with E-state index < -0.39 is 0 Å². The molecule has 3 aromatic rings. The van der Waals surface area contributed by atoms with Crippen molar-refractivity contribution in [2.75, 3.05) is 13.1 Å². The van der Waals surface area contributed by atoms with Gasteiger partial charge < -0.3 is 4.90 Å². The van der Waals surface area contributed by atoms with Crippen LogP contribution < -0.4 is 0 Å². The zero-order chi connectivity index (χ0) is 18.8. The third kappa shape index (κ3) is 3.47. The van der Waals surface area contributed by atoms with Gasteiger partial charge in [-0.1, -0.05) is 90.3 Å². The Morgan fingerprint density at radius 1 is 0.750 bits per heavy atom. The summed E-state index contributed by atoms with van der Waals surface area (Å²) in [6.07, 6.45) is 1.10. The number of amidine groups is 1. The van der Waals surface area contributed by atoms with Crippen LogP contribution in [-0.4, -0.2) is 27.9 Å². The van der Waals surface area contributed by atoms with Crippen LogP contribution in [0.2, 0.25) is 0 Å². The zero-order valence-electron chi connectivity index (χ0n) is 15.6. The number of rotatable bonds is 5. The Morgan fingerprint density at radius 3 is 1.86 bits per heavy atom. The molecule has 0 spiro atoms. The Morgan fingerprint density at radius 2 is 1.29 bits per heavy atom. The summed E-state index contributed by atoms with van der Waals surface area (Å²) in [6.45, 7) is 2.06. The van der Waals surface area contributed by atoms with Crippen molar-refractivity contribution in [3.05, 3.63) is 96.6 Å². The summed E-state index contributed by atoms with van der Waals surface area (Å²) in [7, 11) is 0. The van der Waals surface area contributed by atoms with Crippen LogP contribution in [0, 0.1) is 0 Å². The molecule has 0 aromatic heterocycles. The molecule has 140 valence electrons. The first kappa shape index (κ1) is 17.9. The Bertz CT molecular complexity index is 916. The lowest BCUT2D eigenvalue weighted by atomic mass is 10.1. The van der Waals surface area contributed by atoms with Crippen LogP contribution in [0.1, 0.15) is 18.0 Å². The molecule has 2 nitrogen and oxygen atoms in total. The van der Waals surface area contributed by atoms with Crippen molar-refractivity contribution in [2.45, 2.75) is 26.3 Å². The Kier molecular flexibility index (Phi) is 4.91. The monoisotopic (exact) mass is 402 g/mol. The minimum Gasteiger partial charge on any atom is -0.356 e. The highest BCUT2D eigenvalue weighted by Gasteiger charge is 2.49. The van der Waals surface area contributed by atoms with Crippen LogP contribution in [0.4, 0.5) is 0 Å². The highest BCUT2D eigenvalue weighted by atomic mass is 32.2. The van der Waals surface area contributed by atoms with Gasteiger partial charge in [-0.15, -0.1) is 0 Å². The molecule has 4 heteroatoms. The second kappa shape index (κ2) is 7.69. The number of benzene rings is 3. The molecule has 0 saturated carbocycles. The Balaban J connectivity index is 1.52. The van der Waals surface area contributed by atoms with Gasteiger partial charge in [0.25, 0.3) is 0 Å². The minimum atomic E-state index is -0.0771. The van der Waals surface area contributed by atoms with Crippen LogP contribution in [0.15, 0.2) is 106 Å². The summed E-state index contributed by atoms with van der Waals surface area (Å²) in [4.78, 5) is 10.4. The maximum atomic E-state index is 5.27. The zero-order valence-corrected chi connectivity index (χ0v) is 17.2. The smallest absolute Gasteiger partial charge is 0.129 e. The number of aliphatic imine (C=N–C) groups is 1. The molecule has 3 aromatic carbocycles. The van der Waals surface area contributed by atoms with Gasteiger partial charge in [-0.25, -0.2) is 0 Å². The first-order valence-electron chi connectivity index (χ1n) is 9.69. The van der Waals surface area contributed by atoms with E-state index in [1.807, 2.05) is 23.5 Å². The molecule has 0 bridgehead atoms. The fourth-order valence-electron chi connectivity index (χ4n) is 3.92. The van der Waals surface area contributed by atoms with Gasteiger partial charge in [-0.2, -0.15) is 0 Å². The van der Waals surface area contributed by atoms with Crippen molar-refractivity contribution >= 4 is 29.4 Å². The fourth-order valence-corrected chi connectivity index (χ4v) is 6.95. The van der Waals surface area contributed by atoms with Gasteiger partial charge in [0.2, 0.25) is 0 Å². The fraction of sp³-hybridized carbons (Fsp3) is 0.208. The normalized spacial score (nSPS) is 20.1. The van der Waals surface area contributed by atoms with Gasteiger partial charge in [-0.05, 0) is 36.2 Å². The van der Waals surface area contributed by atoms with E-state index in [-0.39, 0.29) is 10.1 Å². The van der Waals surface area contributed by atoms with Crippen molar-refractivity contribution in [2.24, 2.45) is 4.99 Å². The van der Waals surface area contributed by atoms with Crippen LogP contribution in [-0.2, 0) is 0 Å². The lowest BCUT2D eigenvalue weighted by molar-refractivity contribution is 0.454. The van der Waals surface area contributed by atoms with Crippen molar-refractivity contribution in [3.63, 3.8) is 0 Å². The lowest BCUT2D eigenvalue weighted by Crippen LogP contribution is -2.32. The predicted octanol–water partition coefficient (Wildman–Crippen LogP) is 6.13. The molecule has 28 heavy (non-hydrogen) atoms. The molecule has 1 fully saturated rings. The molecule has 0 aliphatic carbocycles. The highest BCUT2D eigenvalue weighted by Crippen LogP contribution is 2.54. The summed E-state index contributed by atoms with van der Waals surface area (Å²) < 4.78 is -0.0771. The van der Waals surface area contributed by atoms with Gasteiger partial charge >= 0.3 is 0 Å². The molecule has 1 atom stereocenters. The second-order valence-corrected chi connectivity index (χ2v) is 10.2. The molecule has 2 aliphatic rings. The summed E-state index contributed by atoms with van der Waals surface area (Å²) >= 11 is 3.92. The third-order valence-electron chi connectivity index (χ3n) is 5.26. The average molecular weight is 403 g/mol. The quantitative estimate of drug-likeness (QED) is 0.478. The number of hydrogen-bond acceptors (Lipinski definition) is 4. The van der Waals surface area contributed by atoms with E-state index in [2.05, 4.69) is 95.9 Å². The van der Waals surface area contributed by atoms with E-state index in [1.165, 1.54) is 21.2 Å². The SMILES string of the molecule is c1ccc(SC2(Sc3ccccc3)CCN3CC(c4ccccc4)N=C32)cc1. The molecule has 2 aliphatic heterocycles. The van der Waals surface area contributed by atoms with Gasteiger partial charge in [0.15, 0.2) is 0 Å². The van der Waals surface area contributed by atoms with Gasteiger partial charge in [0.05, 0.1) is 6.04 Å². The lowest BCUT2D eigenvalue weighted by Gasteiger charge is -2.28. The van der Waals surface area contributed by atoms with Gasteiger partial charge in [-0.3, -0.25) is 4.99 Å². The topological polar surface area (TPSA) is 15.6 Å². The van der Waals surface area contributed by atoms with Crippen LogP contribution in [0.5, 0.6) is 0 Å². The number of fused-ring (bicyclic) bond motifs is 1. The molecule has 2 heterocycles. The first-order valence-corrected chi connectivity index (χ1v) is 11.3. The minimum absolute atomic E-state index is 0.0771. The molecule has 0 N–H and O–H groups in total. The van der Waals surface area contributed by atoms with E-state index in [0.29, 0.717) is 0 Å². The van der Waals surface area contributed by atoms with Gasteiger partial charge in [0, 0.05) is 22.9 Å². The van der Waals surface area contributed by atoms with E-state index >= 15 is 0 Å². The van der Waals surface area contributed by atoms with Crippen LogP contribution in [0.3, 0.4) is 0 Å². The first-order chi connectivity index (χ1) is 13.8.